The second kappa shape index (κ2) is 1.47. The van der Waals surface area contributed by atoms with E-state index in [1.54, 1.807) is 0 Å². The van der Waals surface area contributed by atoms with E-state index < -0.39 is 6.09 Å². The van der Waals surface area contributed by atoms with Gasteiger partial charge in [-0.1, -0.05) is 0 Å². The monoisotopic (exact) mass is 141 g/mol. The van der Waals surface area contributed by atoms with Crippen molar-refractivity contribution in [1.29, 1.82) is 0 Å². The molecule has 1 amide bonds. The highest BCUT2D eigenvalue weighted by Crippen LogP contribution is 2.37. The van der Waals surface area contributed by atoms with E-state index in [1.807, 2.05) is 0 Å². The van der Waals surface area contributed by atoms with E-state index in [9.17, 15) is 4.79 Å². The smallest absolute Gasteiger partial charge is 0.407 e. The van der Waals surface area contributed by atoms with Gasteiger partial charge in [0.1, 0.15) is 0 Å². The van der Waals surface area contributed by atoms with Crippen LogP contribution in [0.15, 0.2) is 10.2 Å². The molecule has 0 aliphatic carbocycles. The zero-order valence-corrected chi connectivity index (χ0v) is 5.32. The predicted molar refractivity (Wildman–Crippen MR) is 31.8 cm³/mol. The van der Waals surface area contributed by atoms with Crippen molar-refractivity contribution in [1.82, 2.24) is 4.90 Å². The van der Waals surface area contributed by atoms with Crippen LogP contribution in [0, 0.1) is 0 Å². The maximum atomic E-state index is 10.4. The Bertz CT molecular complexity index is 207. The number of carbonyl (C=O) groups is 1. The number of amides is 1. The molecule has 1 saturated heterocycles. The van der Waals surface area contributed by atoms with Crippen LogP contribution in [0.3, 0.4) is 0 Å². The second-order valence-corrected chi connectivity index (χ2v) is 2.64. The average Bonchev–Trinajstić information content (AvgIpc) is 2.41. The third-order valence-electron chi connectivity index (χ3n) is 1.88. The third-order valence-corrected chi connectivity index (χ3v) is 1.88. The normalized spacial score (nSPS) is 25.8. The molecule has 10 heavy (non-hydrogen) atoms. The van der Waals surface area contributed by atoms with Gasteiger partial charge < -0.3 is 10.0 Å². The summed E-state index contributed by atoms with van der Waals surface area (Å²) in [6, 6.07) is 0. The quantitative estimate of drug-likeness (QED) is 0.534. The molecule has 2 rings (SSSR count). The van der Waals surface area contributed by atoms with Gasteiger partial charge in [-0.15, -0.1) is 0 Å². The van der Waals surface area contributed by atoms with Crippen molar-refractivity contribution < 1.29 is 9.90 Å². The van der Waals surface area contributed by atoms with Crippen molar-refractivity contribution in [2.24, 2.45) is 10.2 Å². The highest BCUT2D eigenvalue weighted by Gasteiger charge is 2.48. The molecule has 5 heteroatoms. The first-order chi connectivity index (χ1) is 4.72. The molecule has 0 aromatic rings. The number of carboxylic acid groups (broad SMARTS) is 1. The Morgan fingerprint density at radius 3 is 2.60 bits per heavy atom. The van der Waals surface area contributed by atoms with Gasteiger partial charge in [-0.3, -0.25) is 0 Å². The molecular formula is C5H7N3O2. The lowest BCUT2D eigenvalue weighted by atomic mass is 10.2. The van der Waals surface area contributed by atoms with Gasteiger partial charge in [0.25, 0.3) is 0 Å². The van der Waals surface area contributed by atoms with Gasteiger partial charge in [0, 0.05) is 13.0 Å². The minimum Gasteiger partial charge on any atom is -0.465 e. The number of rotatable bonds is 0. The van der Waals surface area contributed by atoms with Crippen LogP contribution in [0.1, 0.15) is 6.42 Å². The summed E-state index contributed by atoms with van der Waals surface area (Å²) in [5, 5.41) is 16.1. The van der Waals surface area contributed by atoms with Crippen LogP contribution in [0.25, 0.3) is 0 Å². The van der Waals surface area contributed by atoms with E-state index in [2.05, 4.69) is 10.2 Å². The van der Waals surface area contributed by atoms with Crippen LogP contribution >= 0.6 is 0 Å². The van der Waals surface area contributed by atoms with E-state index in [1.165, 1.54) is 4.90 Å². The van der Waals surface area contributed by atoms with Crippen LogP contribution in [0.4, 0.5) is 4.79 Å². The first kappa shape index (κ1) is 5.64. The molecule has 2 aliphatic rings. The van der Waals surface area contributed by atoms with Gasteiger partial charge in [-0.2, -0.15) is 10.2 Å². The molecule has 2 aliphatic heterocycles. The minimum absolute atomic E-state index is 0.307. The lowest BCUT2D eigenvalue weighted by molar-refractivity contribution is 0.154. The number of likely N-dealkylation sites (tertiary alicyclic amines) is 1. The van der Waals surface area contributed by atoms with Crippen LogP contribution < -0.4 is 0 Å². The fraction of sp³-hybridized carbons (Fsp3) is 0.800. The molecule has 1 spiro atoms. The number of hydrogen-bond acceptors (Lipinski definition) is 3. The summed E-state index contributed by atoms with van der Waals surface area (Å²) in [4.78, 5) is 11.7. The van der Waals surface area contributed by atoms with Gasteiger partial charge in [0.15, 0.2) is 0 Å². The molecule has 0 atom stereocenters. The third kappa shape index (κ3) is 0.665. The first-order valence-electron chi connectivity index (χ1n) is 3.14. The van der Waals surface area contributed by atoms with Crippen molar-refractivity contribution in [3.8, 4) is 0 Å². The predicted octanol–water partition coefficient (Wildman–Crippen LogP) is 0.532. The van der Waals surface area contributed by atoms with E-state index in [4.69, 9.17) is 5.11 Å². The molecule has 1 N–H and O–H groups in total. The molecule has 0 aromatic carbocycles. The van der Waals surface area contributed by atoms with Crippen molar-refractivity contribution >= 4 is 6.09 Å². The van der Waals surface area contributed by atoms with E-state index >= 15 is 0 Å². The molecule has 0 aromatic heterocycles. The van der Waals surface area contributed by atoms with E-state index in [0.29, 0.717) is 13.1 Å². The summed E-state index contributed by atoms with van der Waals surface area (Å²) in [7, 11) is 0. The van der Waals surface area contributed by atoms with Crippen LogP contribution in [0.5, 0.6) is 0 Å². The fourth-order valence-electron chi connectivity index (χ4n) is 1.18. The molecule has 0 radical (unpaired) electrons. The van der Waals surface area contributed by atoms with Crippen molar-refractivity contribution in [3.05, 3.63) is 0 Å². The Balaban J connectivity index is 2.00. The van der Waals surface area contributed by atoms with Crippen LogP contribution in [-0.2, 0) is 0 Å². The van der Waals surface area contributed by atoms with Crippen molar-refractivity contribution in [2.75, 3.05) is 13.1 Å². The maximum Gasteiger partial charge on any atom is 0.407 e. The van der Waals surface area contributed by atoms with Crippen molar-refractivity contribution in [3.63, 3.8) is 0 Å². The highest BCUT2D eigenvalue weighted by molar-refractivity contribution is 5.65. The summed E-state index contributed by atoms with van der Waals surface area (Å²) in [5.41, 5.74) is -0.307. The Labute approximate surface area is 57.3 Å². The highest BCUT2D eigenvalue weighted by atomic mass is 16.4. The maximum absolute atomic E-state index is 10.4. The molecule has 0 bridgehead atoms. The zero-order chi connectivity index (χ0) is 7.19. The molecule has 1 fully saturated rings. The number of hydrogen-bond donors (Lipinski definition) is 1. The Morgan fingerprint density at radius 1 is 1.60 bits per heavy atom. The van der Waals surface area contributed by atoms with Gasteiger partial charge in [0.2, 0.25) is 5.66 Å². The van der Waals surface area contributed by atoms with Gasteiger partial charge in [-0.05, 0) is 0 Å². The average molecular weight is 141 g/mol. The minimum atomic E-state index is -0.867. The van der Waals surface area contributed by atoms with Gasteiger partial charge in [-0.25, -0.2) is 4.79 Å². The van der Waals surface area contributed by atoms with Gasteiger partial charge in [0.05, 0.1) is 6.54 Å². The van der Waals surface area contributed by atoms with E-state index in [0.717, 1.165) is 6.42 Å². The fourth-order valence-corrected chi connectivity index (χ4v) is 1.18. The van der Waals surface area contributed by atoms with Crippen LogP contribution in [-0.4, -0.2) is 34.9 Å². The molecule has 2 heterocycles. The summed E-state index contributed by atoms with van der Waals surface area (Å²) >= 11 is 0. The Morgan fingerprint density at radius 2 is 2.30 bits per heavy atom. The zero-order valence-electron chi connectivity index (χ0n) is 5.32. The standard InChI is InChI=1S/C5H7N3O2/c9-4(10)8-2-1-5(3-8)6-7-5/h1-3H2,(H,9,10). The molecule has 0 saturated carbocycles. The van der Waals surface area contributed by atoms with Crippen LogP contribution in [0.2, 0.25) is 0 Å². The topological polar surface area (TPSA) is 65.3 Å². The molecular weight excluding hydrogens is 134 g/mol. The SMILES string of the molecule is O=C(O)N1CCC2(C1)N=N2. The molecule has 54 valence electrons. The van der Waals surface area contributed by atoms with E-state index in [-0.39, 0.29) is 5.66 Å². The summed E-state index contributed by atoms with van der Waals surface area (Å²) in [6.07, 6.45) is -0.103. The Hall–Kier alpha value is -1.13. The summed E-state index contributed by atoms with van der Waals surface area (Å²) in [6.45, 7) is 1.03. The molecule has 5 nitrogen and oxygen atoms in total. The summed E-state index contributed by atoms with van der Waals surface area (Å²) < 4.78 is 0. The first-order valence-corrected chi connectivity index (χ1v) is 3.14. The lowest BCUT2D eigenvalue weighted by Crippen LogP contribution is -2.28. The summed E-state index contributed by atoms with van der Waals surface area (Å²) in [5.74, 6) is 0. The number of nitrogens with zero attached hydrogens (tertiary/aromatic N) is 3. The van der Waals surface area contributed by atoms with Crippen molar-refractivity contribution in [2.45, 2.75) is 12.1 Å². The van der Waals surface area contributed by atoms with Gasteiger partial charge >= 0.3 is 6.09 Å². The molecule has 0 unspecified atom stereocenters. The largest absolute Gasteiger partial charge is 0.465 e. The second-order valence-electron chi connectivity index (χ2n) is 2.64. The lowest BCUT2D eigenvalue weighted by Gasteiger charge is -2.08. The Kier molecular flexibility index (Phi) is 0.832.